The molecular weight excluding hydrogens is 524 g/mol. The fourth-order valence-electron chi connectivity index (χ4n) is 6.37. The van der Waals surface area contributed by atoms with Gasteiger partial charge >= 0.3 is 5.69 Å². The molecule has 0 amide bonds. The van der Waals surface area contributed by atoms with Crippen molar-refractivity contribution in [2.24, 2.45) is 11.8 Å². The molecule has 4 aromatic rings. The molecule has 2 atom stereocenters. The van der Waals surface area contributed by atoms with E-state index in [1.807, 2.05) is 25.1 Å². The lowest BCUT2D eigenvalue weighted by molar-refractivity contribution is -0.115. The Morgan fingerprint density at radius 1 is 1.20 bits per heavy atom. The van der Waals surface area contributed by atoms with Crippen molar-refractivity contribution in [3.05, 3.63) is 63.7 Å². The average molecular weight is 559 g/mol. The van der Waals surface area contributed by atoms with Gasteiger partial charge in [0.15, 0.2) is 5.78 Å². The summed E-state index contributed by atoms with van der Waals surface area (Å²) in [5.74, 6) is 0.704. The number of allylic oxidation sites excluding steroid dienone is 1. The van der Waals surface area contributed by atoms with Gasteiger partial charge in [-0.3, -0.25) is 9.36 Å². The van der Waals surface area contributed by atoms with E-state index in [0.717, 1.165) is 78.0 Å². The van der Waals surface area contributed by atoms with E-state index < -0.39 is 5.69 Å². The van der Waals surface area contributed by atoms with Gasteiger partial charge in [0.25, 0.3) is 0 Å². The highest BCUT2D eigenvalue weighted by molar-refractivity contribution is 7.17. The molecule has 2 aliphatic rings. The summed E-state index contributed by atoms with van der Waals surface area (Å²) >= 11 is 1.36. The second-order valence-corrected chi connectivity index (χ2v) is 12.0. The van der Waals surface area contributed by atoms with Gasteiger partial charge in [-0.25, -0.2) is 9.78 Å². The molecule has 1 aliphatic heterocycles. The Morgan fingerprint density at radius 3 is 2.73 bits per heavy atom. The highest BCUT2D eigenvalue weighted by Gasteiger charge is 2.30. The first-order valence-corrected chi connectivity index (χ1v) is 14.9. The van der Waals surface area contributed by atoms with E-state index in [2.05, 4.69) is 27.9 Å². The van der Waals surface area contributed by atoms with Crippen molar-refractivity contribution in [3.63, 3.8) is 0 Å². The van der Waals surface area contributed by atoms with Crippen LogP contribution < -0.4 is 15.5 Å². The van der Waals surface area contributed by atoms with Crippen LogP contribution in [0.4, 0.5) is 5.69 Å². The molecule has 1 aliphatic carbocycles. The van der Waals surface area contributed by atoms with E-state index in [4.69, 9.17) is 4.74 Å². The van der Waals surface area contributed by atoms with Crippen LogP contribution >= 0.6 is 11.3 Å². The van der Waals surface area contributed by atoms with E-state index in [9.17, 15) is 14.7 Å². The number of aliphatic hydroxyl groups is 1. The second kappa shape index (κ2) is 11.1. The van der Waals surface area contributed by atoms with Gasteiger partial charge in [0.05, 0.1) is 21.1 Å². The van der Waals surface area contributed by atoms with E-state index in [1.54, 1.807) is 10.8 Å². The maximum atomic E-state index is 13.6. The monoisotopic (exact) mass is 558 g/mol. The summed E-state index contributed by atoms with van der Waals surface area (Å²) in [6.45, 7) is 7.14. The van der Waals surface area contributed by atoms with Crippen molar-refractivity contribution in [2.45, 2.75) is 57.9 Å². The number of rotatable bonds is 8. The number of anilines is 1. The normalized spacial score (nSPS) is 20.7. The van der Waals surface area contributed by atoms with Gasteiger partial charge in [-0.15, -0.1) is 11.3 Å². The number of nitrogens with one attached hydrogen (secondary N) is 1. The zero-order valence-corrected chi connectivity index (χ0v) is 23.5. The molecule has 1 saturated carbocycles. The molecule has 2 N–H and O–H groups in total. The summed E-state index contributed by atoms with van der Waals surface area (Å²) in [4.78, 5) is 35.3. The summed E-state index contributed by atoms with van der Waals surface area (Å²) in [5, 5.41) is 15.7. The molecule has 6 rings (SSSR count). The van der Waals surface area contributed by atoms with Gasteiger partial charge in [0, 0.05) is 44.0 Å². The van der Waals surface area contributed by atoms with Crippen molar-refractivity contribution in [2.75, 3.05) is 18.5 Å². The first-order valence-electron chi connectivity index (χ1n) is 14.1. The Kier molecular flexibility index (Phi) is 7.42. The van der Waals surface area contributed by atoms with E-state index in [-0.39, 0.29) is 23.4 Å². The topological polar surface area (TPSA) is 106 Å². The van der Waals surface area contributed by atoms with Crippen LogP contribution in [0.1, 0.15) is 50.5 Å². The van der Waals surface area contributed by atoms with Gasteiger partial charge in [0.2, 0.25) is 0 Å². The fraction of sp³-hybridized carbons (Fsp3) is 0.419. The number of ether oxygens (including phenoxy) is 1. The predicted molar refractivity (Wildman–Crippen MR) is 159 cm³/mol. The highest BCUT2D eigenvalue weighted by Crippen LogP contribution is 2.38. The SMILES string of the molecule is C=CC(=O)C[C@H]1CCC[C@H]1CC(O)=c1sc2nccc3c2c1nc(=O)n3-c1ccc(NC2CCOCC2)cc1C. The van der Waals surface area contributed by atoms with Gasteiger partial charge in [-0.1, -0.05) is 13.0 Å². The van der Waals surface area contributed by atoms with Gasteiger partial charge in [0.1, 0.15) is 16.1 Å². The van der Waals surface area contributed by atoms with Crippen molar-refractivity contribution in [1.29, 1.82) is 0 Å². The van der Waals surface area contributed by atoms with E-state index in [0.29, 0.717) is 28.9 Å². The number of aromatic nitrogens is 3. The van der Waals surface area contributed by atoms with Crippen molar-refractivity contribution in [1.82, 2.24) is 14.5 Å². The van der Waals surface area contributed by atoms with E-state index >= 15 is 0 Å². The van der Waals surface area contributed by atoms with Crippen LogP contribution in [0.15, 0.2) is 47.9 Å². The average Bonchev–Trinajstić information content (AvgIpc) is 3.55. The molecule has 40 heavy (non-hydrogen) atoms. The number of benzene rings is 1. The molecular formula is C31H34N4O4S. The zero-order valence-electron chi connectivity index (χ0n) is 22.7. The molecule has 0 spiro atoms. The molecule has 2 fully saturated rings. The van der Waals surface area contributed by atoms with Crippen LogP contribution in [0, 0.1) is 18.8 Å². The van der Waals surface area contributed by atoms with Crippen LogP contribution in [0.5, 0.6) is 0 Å². The van der Waals surface area contributed by atoms with Crippen LogP contribution in [-0.2, 0) is 9.53 Å². The number of ketones is 1. The molecule has 8 nitrogen and oxygen atoms in total. The molecule has 208 valence electrons. The molecule has 9 heteroatoms. The molecule has 1 aromatic carbocycles. The molecule has 4 heterocycles. The minimum absolute atomic E-state index is 0.0468. The number of carbonyl (C=O) groups is 1. The van der Waals surface area contributed by atoms with E-state index in [1.165, 1.54) is 17.4 Å². The van der Waals surface area contributed by atoms with Gasteiger partial charge in [-0.2, -0.15) is 4.98 Å². The third-order valence-corrected chi connectivity index (χ3v) is 9.58. The molecule has 0 bridgehead atoms. The van der Waals surface area contributed by atoms with Crippen LogP contribution in [0.3, 0.4) is 0 Å². The molecule has 3 aromatic heterocycles. The van der Waals surface area contributed by atoms with Gasteiger partial charge in [-0.05, 0) is 80.3 Å². The van der Waals surface area contributed by atoms with Crippen LogP contribution in [0.25, 0.3) is 32.7 Å². The standard InChI is InChI=1S/C31H34N4O4S/c1-3-23(36)16-19-5-4-6-20(19)17-26(37)29-28-27-25(9-12-32-30(27)40-29)35(31(38)34-28)24-8-7-22(15-18(24)2)33-21-10-13-39-14-11-21/h3,7-9,12,15,19-21,33,37H,1,4-6,10-11,13-14,16-17H2,2H3/t19-,20+/m1/s1. The Morgan fingerprint density at radius 2 is 1.98 bits per heavy atom. The van der Waals surface area contributed by atoms with Crippen molar-refractivity contribution >= 4 is 49.8 Å². The summed E-state index contributed by atoms with van der Waals surface area (Å²) in [5.41, 5.74) is 3.57. The predicted octanol–water partition coefficient (Wildman–Crippen LogP) is 5.23. The number of aryl methyl sites for hydroxylation is 1. The number of pyridine rings is 1. The Hall–Kier alpha value is -3.56. The quantitative estimate of drug-likeness (QED) is 0.285. The zero-order chi connectivity index (χ0) is 27.8. The summed E-state index contributed by atoms with van der Waals surface area (Å²) in [6.07, 6.45) is 8.94. The van der Waals surface area contributed by atoms with Crippen LogP contribution in [-0.4, -0.2) is 44.7 Å². The minimum Gasteiger partial charge on any atom is -0.511 e. The largest absolute Gasteiger partial charge is 0.511 e. The highest BCUT2D eigenvalue weighted by atomic mass is 32.1. The Bertz CT molecular complexity index is 1700. The molecule has 1 saturated heterocycles. The molecule has 0 radical (unpaired) electrons. The Balaban J connectivity index is 1.38. The maximum absolute atomic E-state index is 13.6. The lowest BCUT2D eigenvalue weighted by Gasteiger charge is -2.24. The van der Waals surface area contributed by atoms with Crippen molar-refractivity contribution < 1.29 is 14.6 Å². The lowest BCUT2D eigenvalue weighted by Crippen LogP contribution is -2.28. The number of hydrogen-bond acceptors (Lipinski definition) is 8. The maximum Gasteiger partial charge on any atom is 0.353 e. The number of thiophene rings is 1. The number of hydrogen-bond donors (Lipinski definition) is 2. The number of carbonyl (C=O) groups excluding carboxylic acids is 1. The first-order chi connectivity index (χ1) is 19.4. The smallest absolute Gasteiger partial charge is 0.353 e. The first kappa shape index (κ1) is 26.7. The lowest BCUT2D eigenvalue weighted by atomic mass is 9.88. The van der Waals surface area contributed by atoms with Gasteiger partial charge < -0.3 is 15.2 Å². The number of nitrogens with zero attached hydrogens (tertiary/aromatic N) is 3. The third kappa shape index (κ3) is 5.04. The minimum atomic E-state index is -0.393. The summed E-state index contributed by atoms with van der Waals surface area (Å²) < 4.78 is 7.71. The molecule has 0 unspecified atom stereocenters. The summed E-state index contributed by atoms with van der Waals surface area (Å²) in [7, 11) is 0. The fourth-order valence-corrected chi connectivity index (χ4v) is 7.43. The van der Waals surface area contributed by atoms with Crippen molar-refractivity contribution in [3.8, 4) is 5.69 Å². The van der Waals surface area contributed by atoms with Crippen LogP contribution in [0.2, 0.25) is 0 Å². The third-order valence-electron chi connectivity index (χ3n) is 8.44. The second-order valence-electron chi connectivity index (χ2n) is 11.0. The number of aliphatic hydroxyl groups excluding tert-OH is 1. The Labute approximate surface area is 236 Å². The summed E-state index contributed by atoms with van der Waals surface area (Å²) in [6, 6.07) is 8.26.